The number of nitrogens with zero attached hydrogens (tertiary/aromatic N) is 2. The minimum atomic E-state index is -0.569. The molecule has 0 saturated carbocycles. The Bertz CT molecular complexity index is 602. The Morgan fingerprint density at radius 3 is 2.47 bits per heavy atom. The molecule has 0 aliphatic carbocycles. The summed E-state index contributed by atoms with van der Waals surface area (Å²) in [4.78, 5) is 15.5. The van der Waals surface area contributed by atoms with Crippen molar-refractivity contribution in [2.24, 2.45) is 0 Å². The quantitative estimate of drug-likeness (QED) is 0.713. The van der Waals surface area contributed by atoms with Gasteiger partial charge in [0.05, 0.1) is 6.61 Å². The molecule has 0 aliphatic rings. The lowest BCUT2D eigenvalue weighted by Gasteiger charge is -2.09. The molecule has 0 fully saturated rings. The van der Waals surface area contributed by atoms with Crippen LogP contribution in [0.1, 0.15) is 17.3 Å². The predicted molar refractivity (Wildman–Crippen MR) is 67.3 cm³/mol. The van der Waals surface area contributed by atoms with Crippen molar-refractivity contribution >= 4 is 11.8 Å². The van der Waals surface area contributed by atoms with Crippen molar-refractivity contribution in [3.05, 3.63) is 29.8 Å². The van der Waals surface area contributed by atoms with Crippen LogP contribution in [0.25, 0.3) is 5.82 Å². The van der Waals surface area contributed by atoms with E-state index < -0.39 is 5.97 Å². The van der Waals surface area contributed by atoms with Gasteiger partial charge in [0.25, 0.3) is 0 Å². The second kappa shape index (κ2) is 4.89. The largest absolute Gasteiger partial charge is 0.494 e. The van der Waals surface area contributed by atoms with E-state index in [9.17, 15) is 15.0 Å². The van der Waals surface area contributed by atoms with Gasteiger partial charge in [-0.25, -0.2) is 14.3 Å². The van der Waals surface area contributed by atoms with Crippen LogP contribution in [-0.2, 0) is 4.74 Å². The van der Waals surface area contributed by atoms with Crippen molar-refractivity contribution in [2.75, 3.05) is 12.3 Å². The Hall–Kier alpha value is -2.70. The first-order chi connectivity index (χ1) is 9.04. The SMILES string of the molecule is CCOC(=O)c1ccc(-n2c(O)ccc2O)nc1N. The van der Waals surface area contributed by atoms with Crippen LogP contribution in [0.15, 0.2) is 24.3 Å². The highest BCUT2D eigenvalue weighted by molar-refractivity contribution is 5.94. The highest BCUT2D eigenvalue weighted by atomic mass is 16.5. The molecule has 2 aromatic rings. The number of ether oxygens (including phenoxy) is 1. The summed E-state index contributed by atoms with van der Waals surface area (Å²) in [5.74, 6) is -0.782. The van der Waals surface area contributed by atoms with Gasteiger partial charge in [0.2, 0.25) is 0 Å². The molecule has 0 amide bonds. The van der Waals surface area contributed by atoms with Crippen LogP contribution >= 0.6 is 0 Å². The van der Waals surface area contributed by atoms with Crippen LogP contribution in [0.5, 0.6) is 11.8 Å². The van der Waals surface area contributed by atoms with Crippen molar-refractivity contribution in [3.63, 3.8) is 0 Å². The smallest absolute Gasteiger partial charge is 0.341 e. The standard InChI is InChI=1S/C12H13N3O4/c1-2-19-12(18)7-3-4-8(14-11(7)13)15-9(16)5-6-10(15)17/h3-6,16-17H,2H2,1H3,(H2,13,14). The Morgan fingerprint density at radius 2 is 1.95 bits per heavy atom. The molecule has 0 unspecified atom stereocenters. The van der Waals surface area contributed by atoms with Crippen LogP contribution in [0.2, 0.25) is 0 Å². The second-order valence-corrected chi connectivity index (χ2v) is 3.71. The minimum Gasteiger partial charge on any atom is -0.494 e. The molecule has 0 atom stereocenters. The molecule has 2 aromatic heterocycles. The number of pyridine rings is 1. The van der Waals surface area contributed by atoms with Crippen LogP contribution in [0.4, 0.5) is 5.82 Å². The van der Waals surface area contributed by atoms with Crippen LogP contribution in [-0.4, -0.2) is 32.3 Å². The molecular weight excluding hydrogens is 250 g/mol. The molecule has 0 radical (unpaired) electrons. The van der Waals surface area contributed by atoms with Crippen molar-refractivity contribution in [2.45, 2.75) is 6.92 Å². The maximum atomic E-state index is 11.5. The topological polar surface area (TPSA) is 111 Å². The fourth-order valence-corrected chi connectivity index (χ4v) is 1.62. The second-order valence-electron chi connectivity index (χ2n) is 3.71. The number of nitrogen functional groups attached to an aromatic ring is 1. The summed E-state index contributed by atoms with van der Waals surface area (Å²) in [5, 5.41) is 19.1. The zero-order valence-corrected chi connectivity index (χ0v) is 10.2. The molecule has 0 aliphatic heterocycles. The molecule has 2 rings (SSSR count). The normalized spacial score (nSPS) is 10.4. The number of hydrogen-bond donors (Lipinski definition) is 3. The third kappa shape index (κ3) is 2.30. The molecule has 0 bridgehead atoms. The first-order valence-corrected chi connectivity index (χ1v) is 5.58. The van der Waals surface area contributed by atoms with Gasteiger partial charge in [-0.3, -0.25) is 0 Å². The number of carbonyl (C=O) groups excluding carboxylic acids is 1. The number of nitrogens with two attached hydrogens (primary N) is 1. The third-order valence-electron chi connectivity index (χ3n) is 2.47. The monoisotopic (exact) mass is 263 g/mol. The predicted octanol–water partition coefficient (Wildman–Crippen LogP) is 1.04. The Balaban J connectivity index is 2.42. The van der Waals surface area contributed by atoms with Crippen LogP contribution in [0, 0.1) is 0 Å². The third-order valence-corrected chi connectivity index (χ3v) is 2.47. The van der Waals surface area contributed by atoms with Gasteiger partial charge in [-0.15, -0.1) is 0 Å². The first-order valence-electron chi connectivity index (χ1n) is 5.58. The van der Waals surface area contributed by atoms with Gasteiger partial charge in [0.15, 0.2) is 11.8 Å². The van der Waals surface area contributed by atoms with E-state index in [0.29, 0.717) is 0 Å². The molecule has 7 heteroatoms. The summed E-state index contributed by atoms with van der Waals surface area (Å²) in [6, 6.07) is 5.50. The summed E-state index contributed by atoms with van der Waals surface area (Å²) in [7, 11) is 0. The molecule has 0 spiro atoms. The first kappa shape index (κ1) is 12.7. The number of carbonyl (C=O) groups is 1. The molecule has 2 heterocycles. The van der Waals surface area contributed by atoms with Gasteiger partial charge in [-0.1, -0.05) is 0 Å². The van der Waals surface area contributed by atoms with E-state index in [2.05, 4.69) is 4.98 Å². The van der Waals surface area contributed by atoms with E-state index in [1.54, 1.807) is 6.92 Å². The number of aromatic hydroxyl groups is 2. The number of hydrogen-bond acceptors (Lipinski definition) is 6. The lowest BCUT2D eigenvalue weighted by Crippen LogP contribution is -2.10. The van der Waals surface area contributed by atoms with Gasteiger partial charge in [-0.2, -0.15) is 0 Å². The maximum absolute atomic E-state index is 11.5. The van der Waals surface area contributed by atoms with Gasteiger partial charge in [0, 0.05) is 12.1 Å². The van der Waals surface area contributed by atoms with Crippen molar-refractivity contribution in [1.29, 1.82) is 0 Å². The molecule has 7 nitrogen and oxygen atoms in total. The van der Waals surface area contributed by atoms with E-state index in [-0.39, 0.29) is 35.6 Å². The number of esters is 1. The number of anilines is 1. The van der Waals surface area contributed by atoms with Crippen molar-refractivity contribution < 1.29 is 19.7 Å². The van der Waals surface area contributed by atoms with Gasteiger partial charge in [-0.05, 0) is 19.1 Å². The molecular formula is C12H13N3O4. The van der Waals surface area contributed by atoms with Crippen molar-refractivity contribution in [1.82, 2.24) is 9.55 Å². The lowest BCUT2D eigenvalue weighted by molar-refractivity contribution is 0.0527. The summed E-state index contributed by atoms with van der Waals surface area (Å²) in [5.41, 5.74) is 5.81. The average molecular weight is 263 g/mol. The lowest BCUT2D eigenvalue weighted by atomic mass is 10.2. The molecule has 0 saturated heterocycles. The van der Waals surface area contributed by atoms with E-state index in [1.807, 2.05) is 0 Å². The van der Waals surface area contributed by atoms with Crippen molar-refractivity contribution in [3.8, 4) is 17.6 Å². The summed E-state index contributed by atoms with van der Waals surface area (Å²) in [6.07, 6.45) is 0. The fraction of sp³-hybridized carbons (Fsp3) is 0.167. The number of aromatic nitrogens is 2. The van der Waals surface area contributed by atoms with Gasteiger partial charge < -0.3 is 20.7 Å². The van der Waals surface area contributed by atoms with Gasteiger partial charge in [0.1, 0.15) is 17.2 Å². The highest BCUT2D eigenvalue weighted by Gasteiger charge is 2.15. The Labute approximate surface area is 108 Å². The zero-order chi connectivity index (χ0) is 14.0. The van der Waals surface area contributed by atoms with Crippen LogP contribution in [0.3, 0.4) is 0 Å². The highest BCUT2D eigenvalue weighted by Crippen LogP contribution is 2.26. The van der Waals surface area contributed by atoms with Gasteiger partial charge >= 0.3 is 5.97 Å². The summed E-state index contributed by atoms with van der Waals surface area (Å²) >= 11 is 0. The van der Waals surface area contributed by atoms with E-state index in [4.69, 9.17) is 10.5 Å². The molecule has 4 N–H and O–H groups in total. The fourth-order valence-electron chi connectivity index (χ4n) is 1.62. The molecule has 0 aromatic carbocycles. The summed E-state index contributed by atoms with van der Waals surface area (Å²) in [6.45, 7) is 1.92. The maximum Gasteiger partial charge on any atom is 0.341 e. The Morgan fingerprint density at radius 1 is 1.32 bits per heavy atom. The average Bonchev–Trinajstić information content (AvgIpc) is 2.69. The molecule has 19 heavy (non-hydrogen) atoms. The molecule has 100 valence electrons. The van der Waals surface area contributed by atoms with E-state index in [1.165, 1.54) is 24.3 Å². The summed E-state index contributed by atoms with van der Waals surface area (Å²) < 4.78 is 5.91. The van der Waals surface area contributed by atoms with E-state index in [0.717, 1.165) is 4.57 Å². The number of rotatable bonds is 3. The Kier molecular flexibility index (Phi) is 3.28. The zero-order valence-electron chi connectivity index (χ0n) is 10.2. The van der Waals surface area contributed by atoms with E-state index >= 15 is 0 Å². The van der Waals surface area contributed by atoms with Crippen LogP contribution < -0.4 is 5.73 Å². The minimum absolute atomic E-state index is 0.0385.